The van der Waals surface area contributed by atoms with Gasteiger partial charge in [0.15, 0.2) is 0 Å². The standard InChI is InChI=1S/C18H23N3O2S/c1-13-19-10-17(24-13)11-20-18(22)21-15-8-6-14(7-9-15)12-23-16-4-2-3-5-16/h6-10,16H,2-5,11-12H2,1H3,(H2,20,21,22). The normalized spacial score (nSPS) is 14.7. The first-order valence-corrected chi connectivity index (χ1v) is 9.17. The van der Waals surface area contributed by atoms with Crippen LogP contribution in [0.5, 0.6) is 0 Å². The molecule has 0 radical (unpaired) electrons. The Morgan fingerprint density at radius 3 is 2.71 bits per heavy atom. The molecule has 0 aliphatic heterocycles. The average molecular weight is 345 g/mol. The number of anilines is 1. The van der Waals surface area contributed by atoms with Crippen molar-refractivity contribution in [1.29, 1.82) is 0 Å². The summed E-state index contributed by atoms with van der Waals surface area (Å²) in [6.07, 6.45) is 7.13. The molecule has 1 aromatic heterocycles. The van der Waals surface area contributed by atoms with Crippen molar-refractivity contribution in [2.75, 3.05) is 5.32 Å². The van der Waals surface area contributed by atoms with Crippen molar-refractivity contribution in [3.63, 3.8) is 0 Å². The van der Waals surface area contributed by atoms with Crippen molar-refractivity contribution in [3.05, 3.63) is 45.9 Å². The van der Waals surface area contributed by atoms with E-state index in [0.29, 0.717) is 19.3 Å². The predicted octanol–water partition coefficient (Wildman–Crippen LogP) is 4.23. The zero-order valence-corrected chi connectivity index (χ0v) is 14.7. The molecule has 1 heterocycles. The van der Waals surface area contributed by atoms with Crippen molar-refractivity contribution in [2.45, 2.75) is 51.9 Å². The second kappa shape index (κ2) is 8.26. The summed E-state index contributed by atoms with van der Waals surface area (Å²) in [6, 6.07) is 7.60. The fourth-order valence-corrected chi connectivity index (χ4v) is 3.52. The van der Waals surface area contributed by atoms with Crippen LogP contribution in [0.25, 0.3) is 0 Å². The van der Waals surface area contributed by atoms with Crippen molar-refractivity contribution in [1.82, 2.24) is 10.3 Å². The first-order valence-electron chi connectivity index (χ1n) is 8.36. The number of hydrogen-bond donors (Lipinski definition) is 2. The number of thiazole rings is 1. The molecule has 1 saturated carbocycles. The van der Waals surface area contributed by atoms with Gasteiger partial charge in [-0.1, -0.05) is 25.0 Å². The Kier molecular flexibility index (Phi) is 5.82. The SMILES string of the molecule is Cc1ncc(CNC(=O)Nc2ccc(COC3CCCC3)cc2)s1. The fourth-order valence-electron chi connectivity index (χ4n) is 2.78. The van der Waals surface area contributed by atoms with Crippen molar-refractivity contribution in [3.8, 4) is 0 Å². The topological polar surface area (TPSA) is 63.2 Å². The first-order chi connectivity index (χ1) is 11.7. The van der Waals surface area contributed by atoms with Gasteiger partial charge in [0.05, 0.1) is 24.3 Å². The van der Waals surface area contributed by atoms with Crippen molar-refractivity contribution in [2.24, 2.45) is 0 Å². The van der Waals surface area contributed by atoms with Gasteiger partial charge in [0.1, 0.15) is 0 Å². The third kappa shape index (κ3) is 5.04. The molecular weight excluding hydrogens is 322 g/mol. The Morgan fingerprint density at radius 2 is 2.04 bits per heavy atom. The fraction of sp³-hybridized carbons (Fsp3) is 0.444. The second-order valence-corrected chi connectivity index (χ2v) is 7.39. The number of urea groups is 1. The summed E-state index contributed by atoms with van der Waals surface area (Å²) >= 11 is 1.59. The first kappa shape index (κ1) is 16.9. The summed E-state index contributed by atoms with van der Waals surface area (Å²) in [7, 11) is 0. The number of carbonyl (C=O) groups excluding carboxylic acids is 1. The molecule has 2 N–H and O–H groups in total. The maximum atomic E-state index is 11.9. The number of nitrogens with zero attached hydrogens (tertiary/aromatic N) is 1. The summed E-state index contributed by atoms with van der Waals surface area (Å²) in [5.41, 5.74) is 1.91. The minimum Gasteiger partial charge on any atom is -0.374 e. The lowest BCUT2D eigenvalue weighted by Gasteiger charge is -2.11. The van der Waals surface area contributed by atoms with Gasteiger partial charge in [0, 0.05) is 16.8 Å². The molecule has 24 heavy (non-hydrogen) atoms. The van der Waals surface area contributed by atoms with E-state index in [-0.39, 0.29) is 6.03 Å². The third-order valence-electron chi connectivity index (χ3n) is 4.09. The van der Waals surface area contributed by atoms with Gasteiger partial charge in [-0.25, -0.2) is 9.78 Å². The van der Waals surface area contributed by atoms with Gasteiger partial charge in [0.2, 0.25) is 0 Å². The van der Waals surface area contributed by atoms with E-state index in [1.54, 1.807) is 17.5 Å². The maximum absolute atomic E-state index is 11.9. The molecule has 5 nitrogen and oxygen atoms in total. The summed E-state index contributed by atoms with van der Waals surface area (Å²) in [4.78, 5) is 17.1. The van der Waals surface area contributed by atoms with E-state index in [4.69, 9.17) is 4.74 Å². The van der Waals surface area contributed by atoms with Crippen LogP contribution in [0, 0.1) is 6.92 Å². The quantitative estimate of drug-likeness (QED) is 0.823. The number of carbonyl (C=O) groups is 1. The largest absolute Gasteiger partial charge is 0.374 e. The number of nitrogens with one attached hydrogen (secondary N) is 2. The molecule has 0 bridgehead atoms. The highest BCUT2D eigenvalue weighted by Gasteiger charge is 2.15. The van der Waals surface area contributed by atoms with E-state index in [2.05, 4.69) is 15.6 Å². The zero-order chi connectivity index (χ0) is 16.8. The Bertz CT molecular complexity index is 663. The van der Waals surface area contributed by atoms with Crippen LogP contribution in [0.15, 0.2) is 30.5 Å². The highest BCUT2D eigenvalue weighted by molar-refractivity contribution is 7.11. The lowest BCUT2D eigenvalue weighted by atomic mass is 10.2. The van der Waals surface area contributed by atoms with Crippen LogP contribution in [0.4, 0.5) is 10.5 Å². The van der Waals surface area contributed by atoms with E-state index in [1.165, 1.54) is 25.7 Å². The Morgan fingerprint density at radius 1 is 1.29 bits per heavy atom. The van der Waals surface area contributed by atoms with E-state index < -0.39 is 0 Å². The van der Waals surface area contributed by atoms with Crippen LogP contribution in [0.1, 0.15) is 41.1 Å². The van der Waals surface area contributed by atoms with Gasteiger partial charge in [-0.15, -0.1) is 11.3 Å². The minimum absolute atomic E-state index is 0.212. The molecule has 3 rings (SSSR count). The number of amides is 2. The van der Waals surface area contributed by atoms with E-state index >= 15 is 0 Å². The predicted molar refractivity (Wildman–Crippen MR) is 96.2 cm³/mol. The summed E-state index contributed by atoms with van der Waals surface area (Å²) in [5.74, 6) is 0. The molecule has 1 aliphatic carbocycles. The average Bonchev–Trinajstić information content (AvgIpc) is 3.24. The lowest BCUT2D eigenvalue weighted by molar-refractivity contribution is 0.0457. The van der Waals surface area contributed by atoms with Crippen LogP contribution < -0.4 is 10.6 Å². The van der Waals surface area contributed by atoms with Crippen LogP contribution in [0.2, 0.25) is 0 Å². The van der Waals surface area contributed by atoms with Crippen LogP contribution >= 0.6 is 11.3 Å². The number of aromatic nitrogens is 1. The molecule has 0 spiro atoms. The Balaban J connectivity index is 1.42. The molecule has 1 fully saturated rings. The third-order valence-corrected chi connectivity index (χ3v) is 5.00. The van der Waals surface area contributed by atoms with E-state index in [1.807, 2.05) is 31.2 Å². The van der Waals surface area contributed by atoms with Gasteiger partial charge < -0.3 is 15.4 Å². The number of ether oxygens (including phenoxy) is 1. The van der Waals surface area contributed by atoms with Gasteiger partial charge in [-0.2, -0.15) is 0 Å². The van der Waals surface area contributed by atoms with Crippen molar-refractivity contribution >= 4 is 23.1 Å². The smallest absolute Gasteiger partial charge is 0.319 e. The molecule has 0 atom stereocenters. The monoisotopic (exact) mass is 345 g/mol. The summed E-state index contributed by atoms with van der Waals surface area (Å²) < 4.78 is 5.90. The number of aryl methyl sites for hydroxylation is 1. The highest BCUT2D eigenvalue weighted by Crippen LogP contribution is 2.22. The summed E-state index contributed by atoms with van der Waals surface area (Å²) in [6.45, 7) is 3.08. The van der Waals surface area contributed by atoms with Crippen LogP contribution in [-0.4, -0.2) is 17.1 Å². The summed E-state index contributed by atoms with van der Waals surface area (Å²) in [5, 5.41) is 6.67. The molecule has 1 aromatic carbocycles. The zero-order valence-electron chi connectivity index (χ0n) is 13.9. The van der Waals surface area contributed by atoms with Gasteiger partial charge in [-0.3, -0.25) is 0 Å². The van der Waals surface area contributed by atoms with E-state index in [9.17, 15) is 4.79 Å². The number of benzene rings is 1. The molecule has 0 saturated heterocycles. The molecule has 2 aromatic rings. The van der Waals surface area contributed by atoms with Crippen LogP contribution in [0.3, 0.4) is 0 Å². The molecule has 0 unspecified atom stereocenters. The highest BCUT2D eigenvalue weighted by atomic mass is 32.1. The van der Waals surface area contributed by atoms with Gasteiger partial charge in [-0.05, 0) is 37.5 Å². The molecule has 128 valence electrons. The molecule has 6 heteroatoms. The Labute approximate surface area is 146 Å². The lowest BCUT2D eigenvalue weighted by Crippen LogP contribution is -2.27. The van der Waals surface area contributed by atoms with Gasteiger partial charge >= 0.3 is 6.03 Å². The number of hydrogen-bond acceptors (Lipinski definition) is 4. The van der Waals surface area contributed by atoms with Gasteiger partial charge in [0.25, 0.3) is 0 Å². The minimum atomic E-state index is -0.212. The molecular formula is C18H23N3O2S. The molecule has 2 amide bonds. The van der Waals surface area contributed by atoms with Crippen molar-refractivity contribution < 1.29 is 9.53 Å². The molecule has 1 aliphatic rings. The Hall–Kier alpha value is -1.92. The van der Waals surface area contributed by atoms with E-state index in [0.717, 1.165) is 21.1 Å². The second-order valence-electron chi connectivity index (χ2n) is 6.07. The van der Waals surface area contributed by atoms with Crippen LogP contribution in [-0.2, 0) is 17.9 Å². The number of rotatable bonds is 6. The maximum Gasteiger partial charge on any atom is 0.319 e.